The summed E-state index contributed by atoms with van der Waals surface area (Å²) in [5.41, 5.74) is 0.593. The summed E-state index contributed by atoms with van der Waals surface area (Å²) in [5.74, 6) is -0.212. The minimum Gasteiger partial charge on any atom is -0.482 e. The van der Waals surface area contributed by atoms with Crippen molar-refractivity contribution in [1.29, 1.82) is 0 Å². The molecule has 136 valence electrons. The average molecular weight is 412 g/mol. The van der Waals surface area contributed by atoms with Crippen molar-refractivity contribution >= 4 is 44.6 Å². The fraction of sp³-hybridized carbons (Fsp3) is 0.167. The molecule has 8 heteroatoms. The van der Waals surface area contributed by atoms with Crippen LogP contribution in [0, 0.1) is 0 Å². The number of rotatable bonds is 5. The van der Waals surface area contributed by atoms with Crippen molar-refractivity contribution < 1.29 is 17.9 Å². The first-order valence-corrected chi connectivity index (χ1v) is 10.2. The van der Waals surface area contributed by atoms with E-state index in [1.807, 2.05) is 6.07 Å². The minimum absolute atomic E-state index is 0.157. The summed E-state index contributed by atoms with van der Waals surface area (Å²) >= 11 is 11.9. The molecule has 0 radical (unpaired) electrons. The Morgan fingerprint density at radius 2 is 1.88 bits per heavy atom. The van der Waals surface area contributed by atoms with Gasteiger partial charge in [0.2, 0.25) is 0 Å². The minimum atomic E-state index is -3.31. The van der Waals surface area contributed by atoms with E-state index in [1.165, 1.54) is 17.0 Å². The van der Waals surface area contributed by atoms with Crippen molar-refractivity contribution in [3.05, 3.63) is 70.1 Å². The van der Waals surface area contributed by atoms with E-state index in [-0.39, 0.29) is 18.3 Å². The number of sulfone groups is 1. The molecule has 0 saturated carbocycles. The normalized spacial score (nSPS) is 17.8. The first-order chi connectivity index (χ1) is 12.4. The molecule has 0 N–H and O–H groups in total. The zero-order valence-electron chi connectivity index (χ0n) is 13.5. The van der Waals surface area contributed by atoms with Crippen LogP contribution >= 0.6 is 23.2 Å². The average Bonchev–Trinajstić information content (AvgIpc) is 2.95. The number of halogens is 2. The Morgan fingerprint density at radius 3 is 2.50 bits per heavy atom. The third-order valence-electron chi connectivity index (χ3n) is 3.79. The topological polar surface area (TPSA) is 63.7 Å². The lowest BCUT2D eigenvalue weighted by molar-refractivity contribution is -0.120. The van der Waals surface area contributed by atoms with Crippen LogP contribution in [0.25, 0.3) is 0 Å². The molecule has 1 heterocycles. The lowest BCUT2D eigenvalue weighted by atomic mass is 10.2. The van der Waals surface area contributed by atoms with Gasteiger partial charge < -0.3 is 9.64 Å². The van der Waals surface area contributed by atoms with Crippen molar-refractivity contribution in [3.63, 3.8) is 0 Å². The SMILES string of the molecule is O=C(COc1ccc(Cl)cc1Cl)N(c1ccccc1)[C@H]1C=CS(=O)(=O)C1. The molecule has 1 amide bonds. The van der Waals surface area contributed by atoms with Crippen LogP contribution in [-0.4, -0.2) is 32.7 Å². The van der Waals surface area contributed by atoms with Gasteiger partial charge in [0.15, 0.2) is 16.4 Å². The van der Waals surface area contributed by atoms with Gasteiger partial charge in [-0.15, -0.1) is 0 Å². The number of hydrogen-bond acceptors (Lipinski definition) is 4. The molecule has 1 aliphatic heterocycles. The second kappa shape index (κ2) is 7.70. The number of anilines is 1. The van der Waals surface area contributed by atoms with Gasteiger partial charge in [0.1, 0.15) is 5.75 Å². The highest BCUT2D eigenvalue weighted by Gasteiger charge is 2.31. The van der Waals surface area contributed by atoms with Crippen molar-refractivity contribution in [2.24, 2.45) is 0 Å². The van der Waals surface area contributed by atoms with Gasteiger partial charge >= 0.3 is 0 Å². The maximum absolute atomic E-state index is 12.8. The van der Waals surface area contributed by atoms with E-state index in [0.717, 1.165) is 5.41 Å². The predicted molar refractivity (Wildman–Crippen MR) is 103 cm³/mol. The number of carbonyl (C=O) groups is 1. The summed E-state index contributed by atoms with van der Waals surface area (Å²) in [6, 6.07) is 13.0. The highest BCUT2D eigenvalue weighted by atomic mass is 35.5. The number of ether oxygens (including phenoxy) is 1. The smallest absolute Gasteiger partial charge is 0.265 e. The van der Waals surface area contributed by atoms with Gasteiger partial charge in [-0.25, -0.2) is 8.42 Å². The highest BCUT2D eigenvalue weighted by Crippen LogP contribution is 2.28. The van der Waals surface area contributed by atoms with Gasteiger partial charge in [-0.05, 0) is 36.4 Å². The molecule has 0 fully saturated rings. The predicted octanol–water partition coefficient (Wildman–Crippen LogP) is 3.72. The van der Waals surface area contributed by atoms with Crippen LogP contribution < -0.4 is 9.64 Å². The maximum atomic E-state index is 12.8. The second-order valence-electron chi connectivity index (χ2n) is 5.69. The molecule has 0 aromatic heterocycles. The Hall–Kier alpha value is -2.02. The lowest BCUT2D eigenvalue weighted by Crippen LogP contribution is -2.43. The standard InChI is InChI=1S/C18H15Cl2NO4S/c19-13-6-7-17(16(20)10-13)25-11-18(22)21(14-4-2-1-3-5-14)15-8-9-26(23,24)12-15/h1-10,15H,11-12H2/t15-/m0/s1. The van der Waals surface area contributed by atoms with E-state index >= 15 is 0 Å². The van der Waals surface area contributed by atoms with Crippen molar-refractivity contribution in [2.45, 2.75) is 6.04 Å². The first-order valence-electron chi connectivity index (χ1n) is 7.72. The zero-order chi connectivity index (χ0) is 18.7. The van der Waals surface area contributed by atoms with Crippen LogP contribution in [0.2, 0.25) is 10.0 Å². The fourth-order valence-electron chi connectivity index (χ4n) is 2.63. The molecule has 2 aromatic rings. The van der Waals surface area contributed by atoms with Gasteiger partial charge in [-0.2, -0.15) is 0 Å². The molecule has 3 rings (SSSR count). The Labute approximate surface area is 161 Å². The molecule has 2 aromatic carbocycles. The van der Waals surface area contributed by atoms with Crippen molar-refractivity contribution in [2.75, 3.05) is 17.3 Å². The Kier molecular flexibility index (Phi) is 5.55. The van der Waals surface area contributed by atoms with E-state index in [9.17, 15) is 13.2 Å². The van der Waals surface area contributed by atoms with Gasteiger partial charge in [-0.3, -0.25) is 4.79 Å². The number of hydrogen-bond donors (Lipinski definition) is 0. The van der Waals surface area contributed by atoms with Crippen LogP contribution in [0.3, 0.4) is 0 Å². The molecule has 0 aliphatic carbocycles. The third kappa shape index (κ3) is 4.38. The molecule has 0 spiro atoms. The van der Waals surface area contributed by atoms with E-state index < -0.39 is 15.9 Å². The summed E-state index contributed by atoms with van der Waals surface area (Å²) in [5, 5.41) is 1.89. The number of benzene rings is 2. The molecule has 0 saturated heterocycles. The summed E-state index contributed by atoms with van der Waals surface area (Å²) in [6.07, 6.45) is 1.51. The number of para-hydroxylation sites is 1. The molecule has 0 unspecified atom stereocenters. The highest BCUT2D eigenvalue weighted by molar-refractivity contribution is 7.94. The largest absolute Gasteiger partial charge is 0.482 e. The number of carbonyl (C=O) groups excluding carboxylic acids is 1. The van der Waals surface area contributed by atoms with Gasteiger partial charge in [-0.1, -0.05) is 41.4 Å². The van der Waals surface area contributed by atoms with Crippen LogP contribution in [-0.2, 0) is 14.6 Å². The fourth-order valence-corrected chi connectivity index (χ4v) is 4.36. The summed E-state index contributed by atoms with van der Waals surface area (Å²) in [7, 11) is -3.31. The van der Waals surface area contributed by atoms with Crippen molar-refractivity contribution in [3.8, 4) is 5.75 Å². The van der Waals surface area contributed by atoms with Gasteiger partial charge in [0.05, 0.1) is 16.8 Å². The molecular formula is C18H15Cl2NO4S. The molecule has 0 bridgehead atoms. The van der Waals surface area contributed by atoms with Crippen LogP contribution in [0.15, 0.2) is 60.0 Å². The molecule has 5 nitrogen and oxygen atoms in total. The van der Waals surface area contributed by atoms with Crippen LogP contribution in [0.4, 0.5) is 5.69 Å². The monoisotopic (exact) mass is 411 g/mol. The second-order valence-corrected chi connectivity index (χ2v) is 8.46. The van der Waals surface area contributed by atoms with E-state index in [4.69, 9.17) is 27.9 Å². The number of nitrogens with zero attached hydrogens (tertiary/aromatic N) is 1. The molecule has 1 atom stereocenters. The molecule has 1 aliphatic rings. The Balaban J connectivity index is 1.80. The van der Waals surface area contributed by atoms with E-state index in [0.29, 0.717) is 21.5 Å². The summed E-state index contributed by atoms with van der Waals surface area (Å²) in [6.45, 7) is -0.291. The van der Waals surface area contributed by atoms with Crippen LogP contribution in [0.5, 0.6) is 5.75 Å². The Bertz CT molecular complexity index is 945. The molecule has 26 heavy (non-hydrogen) atoms. The quantitative estimate of drug-likeness (QED) is 0.751. The van der Waals surface area contributed by atoms with Crippen molar-refractivity contribution in [1.82, 2.24) is 0 Å². The lowest BCUT2D eigenvalue weighted by Gasteiger charge is -2.27. The summed E-state index contributed by atoms with van der Waals surface area (Å²) < 4.78 is 29.1. The van der Waals surface area contributed by atoms with E-state index in [1.54, 1.807) is 36.4 Å². The van der Waals surface area contributed by atoms with Crippen LogP contribution in [0.1, 0.15) is 0 Å². The van der Waals surface area contributed by atoms with Gasteiger partial charge in [0.25, 0.3) is 5.91 Å². The Morgan fingerprint density at radius 1 is 1.15 bits per heavy atom. The first kappa shape index (κ1) is 18.8. The zero-order valence-corrected chi connectivity index (χ0v) is 15.8. The maximum Gasteiger partial charge on any atom is 0.265 e. The number of amides is 1. The summed E-state index contributed by atoms with van der Waals surface area (Å²) in [4.78, 5) is 14.2. The molecular weight excluding hydrogens is 397 g/mol. The van der Waals surface area contributed by atoms with Gasteiger partial charge in [0, 0.05) is 16.1 Å². The third-order valence-corrected chi connectivity index (χ3v) is 5.70. The van der Waals surface area contributed by atoms with E-state index in [2.05, 4.69) is 0 Å².